The molecule has 7 nitrogen and oxygen atoms in total. The molecule has 2 aromatic rings. The Labute approximate surface area is 172 Å². The van der Waals surface area contributed by atoms with Crippen LogP contribution in [0.2, 0.25) is 0 Å². The summed E-state index contributed by atoms with van der Waals surface area (Å²) in [7, 11) is 3.78. The van der Waals surface area contributed by atoms with Gasteiger partial charge in [-0.05, 0) is 43.4 Å². The van der Waals surface area contributed by atoms with Crippen LogP contribution in [0.5, 0.6) is 5.75 Å². The van der Waals surface area contributed by atoms with E-state index in [1.54, 1.807) is 13.3 Å². The minimum absolute atomic E-state index is 0.0847. The van der Waals surface area contributed by atoms with Gasteiger partial charge in [-0.3, -0.25) is 4.79 Å². The largest absolute Gasteiger partial charge is 0.497 e. The zero-order valence-corrected chi connectivity index (χ0v) is 17.3. The molecule has 0 unspecified atom stereocenters. The number of amides is 1. The van der Waals surface area contributed by atoms with Crippen molar-refractivity contribution in [2.45, 2.75) is 0 Å². The lowest BCUT2D eigenvalue weighted by Gasteiger charge is -2.37. The van der Waals surface area contributed by atoms with Crippen LogP contribution in [-0.4, -0.2) is 87.2 Å². The van der Waals surface area contributed by atoms with Gasteiger partial charge >= 0.3 is 0 Å². The lowest BCUT2D eigenvalue weighted by atomic mass is 10.2. The van der Waals surface area contributed by atoms with E-state index in [1.165, 1.54) is 5.69 Å². The van der Waals surface area contributed by atoms with E-state index in [0.717, 1.165) is 63.9 Å². The summed E-state index contributed by atoms with van der Waals surface area (Å²) in [6.45, 7) is 7.11. The van der Waals surface area contributed by atoms with Gasteiger partial charge in [-0.1, -0.05) is 0 Å². The molecule has 0 atom stereocenters. The van der Waals surface area contributed by atoms with Crippen molar-refractivity contribution in [3.05, 3.63) is 48.2 Å². The van der Waals surface area contributed by atoms with Crippen molar-refractivity contribution >= 4 is 17.4 Å². The number of carbonyl (C=O) groups is 1. The number of carbonyl (C=O) groups excluding carboxylic acids is 1. The molecule has 1 aromatic heterocycles. The summed E-state index contributed by atoms with van der Waals surface area (Å²) in [6, 6.07) is 12.1. The molecule has 1 amide bonds. The summed E-state index contributed by atoms with van der Waals surface area (Å²) in [5, 5.41) is 0. The maximum atomic E-state index is 12.7. The molecule has 0 radical (unpaired) electrons. The number of methoxy groups -OCH3 is 1. The van der Waals surface area contributed by atoms with Crippen LogP contribution >= 0.6 is 0 Å². The molecule has 7 heteroatoms. The van der Waals surface area contributed by atoms with Crippen LogP contribution in [0.25, 0.3) is 0 Å². The van der Waals surface area contributed by atoms with Gasteiger partial charge < -0.3 is 24.3 Å². The summed E-state index contributed by atoms with van der Waals surface area (Å²) in [5.41, 5.74) is 1.89. The molecule has 2 aliphatic rings. The number of pyridine rings is 1. The zero-order chi connectivity index (χ0) is 20.2. The normalized spacial score (nSPS) is 18.1. The molecule has 0 bridgehead atoms. The highest BCUT2D eigenvalue weighted by Gasteiger charge is 2.22. The molecule has 0 aliphatic carbocycles. The first-order valence-corrected chi connectivity index (χ1v) is 10.2. The summed E-state index contributed by atoms with van der Waals surface area (Å²) in [6.07, 6.45) is 1.73. The summed E-state index contributed by atoms with van der Waals surface area (Å²) in [4.78, 5) is 26.1. The van der Waals surface area contributed by atoms with Gasteiger partial charge in [0.25, 0.3) is 5.91 Å². The third-order valence-corrected chi connectivity index (χ3v) is 5.83. The van der Waals surface area contributed by atoms with Gasteiger partial charge in [-0.25, -0.2) is 4.98 Å². The standard InChI is InChI=1S/C22H29N5O2/c1-24-9-11-27(12-10-24)22(28)18-3-8-21(23-17-18)26-15-13-25(14-16-26)19-4-6-20(29-2)7-5-19/h3-8,17H,9-16H2,1-2H3. The fourth-order valence-electron chi connectivity index (χ4n) is 3.88. The van der Waals surface area contributed by atoms with Crippen molar-refractivity contribution in [2.24, 2.45) is 0 Å². The number of hydrogen-bond acceptors (Lipinski definition) is 6. The van der Waals surface area contributed by atoms with E-state index >= 15 is 0 Å². The molecule has 29 heavy (non-hydrogen) atoms. The second-order valence-electron chi connectivity index (χ2n) is 7.67. The van der Waals surface area contributed by atoms with E-state index in [4.69, 9.17) is 4.74 Å². The van der Waals surface area contributed by atoms with E-state index in [-0.39, 0.29) is 5.91 Å². The number of aromatic nitrogens is 1. The Kier molecular flexibility index (Phi) is 5.85. The maximum absolute atomic E-state index is 12.7. The van der Waals surface area contributed by atoms with Crippen LogP contribution in [-0.2, 0) is 0 Å². The number of likely N-dealkylation sites (N-methyl/N-ethyl adjacent to an activating group) is 1. The van der Waals surface area contributed by atoms with Crippen molar-refractivity contribution in [3.8, 4) is 5.75 Å². The topological polar surface area (TPSA) is 52.2 Å². The number of rotatable bonds is 4. The lowest BCUT2D eigenvalue weighted by Crippen LogP contribution is -2.47. The Bertz CT molecular complexity index is 808. The van der Waals surface area contributed by atoms with Gasteiger partial charge in [-0.2, -0.15) is 0 Å². The average Bonchev–Trinajstić information content (AvgIpc) is 2.79. The third-order valence-electron chi connectivity index (χ3n) is 5.83. The minimum atomic E-state index is 0.0847. The first-order chi connectivity index (χ1) is 14.1. The predicted octanol–water partition coefficient (Wildman–Crippen LogP) is 1.80. The van der Waals surface area contributed by atoms with Crippen molar-refractivity contribution in [2.75, 3.05) is 76.3 Å². The smallest absolute Gasteiger partial charge is 0.255 e. The summed E-state index contributed by atoms with van der Waals surface area (Å²) >= 11 is 0. The second kappa shape index (κ2) is 8.69. The second-order valence-corrected chi connectivity index (χ2v) is 7.67. The quantitative estimate of drug-likeness (QED) is 0.787. The Balaban J connectivity index is 1.33. The van der Waals surface area contributed by atoms with Gasteiger partial charge in [-0.15, -0.1) is 0 Å². The molecule has 3 heterocycles. The molecule has 4 rings (SSSR count). The number of benzene rings is 1. The van der Waals surface area contributed by atoms with Crippen LogP contribution in [0.15, 0.2) is 42.6 Å². The highest BCUT2D eigenvalue weighted by atomic mass is 16.5. The molecular formula is C22H29N5O2. The fourth-order valence-corrected chi connectivity index (χ4v) is 3.88. The summed E-state index contributed by atoms with van der Waals surface area (Å²) < 4.78 is 5.24. The van der Waals surface area contributed by atoms with E-state index in [0.29, 0.717) is 5.56 Å². The number of ether oxygens (including phenoxy) is 1. The molecule has 2 saturated heterocycles. The van der Waals surface area contributed by atoms with E-state index in [1.807, 2.05) is 29.2 Å². The van der Waals surface area contributed by atoms with Gasteiger partial charge in [0.2, 0.25) is 0 Å². The number of piperazine rings is 2. The molecular weight excluding hydrogens is 366 g/mol. The van der Waals surface area contributed by atoms with Gasteiger partial charge in [0.1, 0.15) is 11.6 Å². The SMILES string of the molecule is COc1ccc(N2CCN(c3ccc(C(=O)N4CCN(C)CC4)cn3)CC2)cc1. The maximum Gasteiger partial charge on any atom is 0.255 e. The average molecular weight is 396 g/mol. The Morgan fingerprint density at radius 1 is 0.862 bits per heavy atom. The van der Waals surface area contributed by atoms with Crippen LogP contribution in [0, 0.1) is 0 Å². The number of nitrogens with zero attached hydrogens (tertiary/aromatic N) is 5. The summed E-state index contributed by atoms with van der Waals surface area (Å²) in [5.74, 6) is 1.90. The van der Waals surface area contributed by atoms with Gasteiger partial charge in [0.05, 0.1) is 12.7 Å². The van der Waals surface area contributed by atoms with E-state index < -0.39 is 0 Å². The van der Waals surface area contributed by atoms with Crippen molar-refractivity contribution in [3.63, 3.8) is 0 Å². The highest BCUT2D eigenvalue weighted by Crippen LogP contribution is 2.22. The number of anilines is 2. The lowest BCUT2D eigenvalue weighted by molar-refractivity contribution is 0.0663. The first-order valence-electron chi connectivity index (χ1n) is 10.2. The van der Waals surface area contributed by atoms with Crippen LogP contribution in [0.4, 0.5) is 11.5 Å². The Morgan fingerprint density at radius 2 is 1.52 bits per heavy atom. The molecule has 0 N–H and O–H groups in total. The highest BCUT2D eigenvalue weighted by molar-refractivity contribution is 5.94. The van der Waals surface area contributed by atoms with E-state index in [2.05, 4.69) is 38.9 Å². The third kappa shape index (κ3) is 4.45. The molecule has 2 aliphatic heterocycles. The van der Waals surface area contributed by atoms with Crippen LogP contribution in [0.1, 0.15) is 10.4 Å². The zero-order valence-electron chi connectivity index (χ0n) is 17.3. The van der Waals surface area contributed by atoms with Crippen molar-refractivity contribution < 1.29 is 9.53 Å². The monoisotopic (exact) mass is 395 g/mol. The molecule has 154 valence electrons. The minimum Gasteiger partial charge on any atom is -0.497 e. The van der Waals surface area contributed by atoms with Crippen LogP contribution < -0.4 is 14.5 Å². The predicted molar refractivity (Wildman–Crippen MR) is 115 cm³/mol. The molecule has 1 aromatic carbocycles. The first kappa shape index (κ1) is 19.5. The van der Waals surface area contributed by atoms with Crippen molar-refractivity contribution in [1.29, 1.82) is 0 Å². The van der Waals surface area contributed by atoms with Gasteiger partial charge in [0, 0.05) is 64.2 Å². The van der Waals surface area contributed by atoms with E-state index in [9.17, 15) is 4.79 Å². The van der Waals surface area contributed by atoms with Crippen LogP contribution in [0.3, 0.4) is 0 Å². The Morgan fingerprint density at radius 3 is 2.10 bits per heavy atom. The molecule has 2 fully saturated rings. The van der Waals surface area contributed by atoms with Gasteiger partial charge in [0.15, 0.2) is 0 Å². The molecule has 0 spiro atoms. The molecule has 0 saturated carbocycles. The Hall–Kier alpha value is -2.80. The van der Waals surface area contributed by atoms with Crippen molar-refractivity contribution in [1.82, 2.24) is 14.8 Å². The fraction of sp³-hybridized carbons (Fsp3) is 0.455. The number of hydrogen-bond donors (Lipinski definition) is 0.